The van der Waals surface area contributed by atoms with Crippen LogP contribution in [0.15, 0.2) is 24.3 Å². The number of hydrogen-bond acceptors (Lipinski definition) is 3. The Kier molecular flexibility index (Phi) is 4.03. The Morgan fingerprint density at radius 3 is 2.53 bits per heavy atom. The van der Waals surface area contributed by atoms with Gasteiger partial charge in [0, 0.05) is 13.3 Å². The first-order chi connectivity index (χ1) is 7.15. The normalized spacial score (nSPS) is 9.73. The molecule has 0 aliphatic rings. The lowest BCUT2D eigenvalue weighted by atomic mass is 10.1. The summed E-state index contributed by atoms with van der Waals surface area (Å²) >= 11 is 0. The molecule has 0 amide bonds. The van der Waals surface area contributed by atoms with E-state index < -0.39 is 5.97 Å². The minimum atomic E-state index is -0.410. The van der Waals surface area contributed by atoms with Gasteiger partial charge in [0.2, 0.25) is 0 Å². The fourth-order valence-corrected chi connectivity index (χ4v) is 1.30. The summed E-state index contributed by atoms with van der Waals surface area (Å²) in [5.74, 6) is -0.0513. The molecule has 0 aliphatic heterocycles. The van der Waals surface area contributed by atoms with Crippen LogP contribution in [0.25, 0.3) is 0 Å². The summed E-state index contributed by atoms with van der Waals surface area (Å²) in [6.07, 6.45) is 1.26. The second-order valence-corrected chi connectivity index (χ2v) is 3.26. The molecule has 0 fully saturated rings. The summed E-state index contributed by atoms with van der Waals surface area (Å²) in [7, 11) is 0. The number of esters is 1. The lowest BCUT2D eigenvalue weighted by Crippen LogP contribution is -2.07. The van der Waals surface area contributed by atoms with E-state index in [1.165, 1.54) is 6.92 Å². The summed E-state index contributed by atoms with van der Waals surface area (Å²) in [5, 5.41) is 0. The van der Waals surface area contributed by atoms with Crippen molar-refractivity contribution in [3.63, 3.8) is 0 Å². The van der Waals surface area contributed by atoms with Gasteiger partial charge in [0.25, 0.3) is 0 Å². The van der Waals surface area contributed by atoms with Crippen LogP contribution >= 0.6 is 0 Å². The van der Waals surface area contributed by atoms with Gasteiger partial charge in [0.1, 0.15) is 5.75 Å². The number of carbonyl (C=O) groups excluding carboxylic acids is 2. The standard InChI is InChI=1S/C12H14O3/c1-3-6-11(14)10-7-4-5-8-12(10)15-9(2)13/h4-5,7-8H,3,6H2,1-2H3. The third-order valence-electron chi connectivity index (χ3n) is 1.92. The van der Waals surface area contributed by atoms with Crippen molar-refractivity contribution in [3.8, 4) is 5.75 Å². The molecule has 0 unspecified atom stereocenters. The van der Waals surface area contributed by atoms with Gasteiger partial charge in [-0.1, -0.05) is 19.1 Å². The Balaban J connectivity index is 2.95. The summed E-state index contributed by atoms with van der Waals surface area (Å²) in [4.78, 5) is 22.5. The summed E-state index contributed by atoms with van der Waals surface area (Å²) in [6, 6.07) is 6.80. The number of benzene rings is 1. The maximum atomic E-state index is 11.7. The Morgan fingerprint density at radius 2 is 1.93 bits per heavy atom. The first kappa shape index (κ1) is 11.4. The molecule has 0 heterocycles. The van der Waals surface area contributed by atoms with Crippen LogP contribution in [0.1, 0.15) is 37.0 Å². The zero-order valence-corrected chi connectivity index (χ0v) is 8.95. The van der Waals surface area contributed by atoms with Gasteiger partial charge in [-0.25, -0.2) is 0 Å². The van der Waals surface area contributed by atoms with Gasteiger partial charge >= 0.3 is 5.97 Å². The van der Waals surface area contributed by atoms with Crippen LogP contribution in [-0.4, -0.2) is 11.8 Å². The Morgan fingerprint density at radius 1 is 1.27 bits per heavy atom. The molecular formula is C12H14O3. The largest absolute Gasteiger partial charge is 0.426 e. The number of ketones is 1. The first-order valence-corrected chi connectivity index (χ1v) is 4.95. The van der Waals surface area contributed by atoms with Crippen molar-refractivity contribution in [2.75, 3.05) is 0 Å². The Labute approximate surface area is 89.1 Å². The van der Waals surface area contributed by atoms with Crippen LogP contribution in [0.5, 0.6) is 5.75 Å². The smallest absolute Gasteiger partial charge is 0.308 e. The van der Waals surface area contributed by atoms with Crippen LogP contribution in [-0.2, 0) is 4.79 Å². The molecule has 1 aromatic rings. The predicted octanol–water partition coefficient (Wildman–Crippen LogP) is 2.59. The second kappa shape index (κ2) is 5.29. The average Bonchev–Trinajstić information content (AvgIpc) is 2.18. The number of para-hydroxylation sites is 1. The lowest BCUT2D eigenvalue weighted by Gasteiger charge is -2.06. The van der Waals surface area contributed by atoms with E-state index in [2.05, 4.69) is 0 Å². The molecule has 3 heteroatoms. The van der Waals surface area contributed by atoms with Crippen molar-refractivity contribution < 1.29 is 14.3 Å². The number of hydrogen-bond donors (Lipinski definition) is 0. The van der Waals surface area contributed by atoms with E-state index in [9.17, 15) is 9.59 Å². The average molecular weight is 206 g/mol. The zero-order chi connectivity index (χ0) is 11.3. The Bertz CT molecular complexity index is 369. The van der Waals surface area contributed by atoms with E-state index in [-0.39, 0.29) is 5.78 Å². The topological polar surface area (TPSA) is 43.4 Å². The SMILES string of the molecule is CCCC(=O)c1ccccc1OC(C)=O. The highest BCUT2D eigenvalue weighted by atomic mass is 16.5. The number of ether oxygens (including phenoxy) is 1. The molecule has 0 atom stereocenters. The molecule has 0 aliphatic carbocycles. The quantitative estimate of drug-likeness (QED) is 0.432. The Hall–Kier alpha value is -1.64. The molecule has 0 radical (unpaired) electrons. The maximum absolute atomic E-state index is 11.7. The highest BCUT2D eigenvalue weighted by Crippen LogP contribution is 2.20. The molecular weight excluding hydrogens is 192 g/mol. The van der Waals surface area contributed by atoms with Crippen molar-refractivity contribution in [3.05, 3.63) is 29.8 Å². The third-order valence-corrected chi connectivity index (χ3v) is 1.92. The van der Waals surface area contributed by atoms with Crippen molar-refractivity contribution in [1.29, 1.82) is 0 Å². The molecule has 0 spiro atoms. The molecule has 15 heavy (non-hydrogen) atoms. The number of carbonyl (C=O) groups is 2. The van der Waals surface area contributed by atoms with E-state index in [0.717, 1.165) is 6.42 Å². The van der Waals surface area contributed by atoms with Gasteiger partial charge in [0.15, 0.2) is 5.78 Å². The van der Waals surface area contributed by atoms with Gasteiger partial charge in [-0.15, -0.1) is 0 Å². The molecule has 0 N–H and O–H groups in total. The molecule has 1 aromatic carbocycles. The molecule has 0 aromatic heterocycles. The third kappa shape index (κ3) is 3.20. The van der Waals surface area contributed by atoms with E-state index in [0.29, 0.717) is 17.7 Å². The van der Waals surface area contributed by atoms with Crippen LogP contribution in [0.3, 0.4) is 0 Å². The molecule has 0 bridgehead atoms. The minimum absolute atomic E-state index is 0.00866. The van der Waals surface area contributed by atoms with E-state index >= 15 is 0 Å². The van der Waals surface area contributed by atoms with Crippen molar-refractivity contribution >= 4 is 11.8 Å². The molecule has 0 saturated carbocycles. The van der Waals surface area contributed by atoms with Gasteiger partial charge in [-0.2, -0.15) is 0 Å². The van der Waals surface area contributed by atoms with E-state index in [4.69, 9.17) is 4.74 Å². The van der Waals surface area contributed by atoms with E-state index in [1.54, 1.807) is 24.3 Å². The van der Waals surface area contributed by atoms with Crippen molar-refractivity contribution in [1.82, 2.24) is 0 Å². The predicted molar refractivity (Wildman–Crippen MR) is 57.0 cm³/mol. The van der Waals surface area contributed by atoms with Crippen molar-refractivity contribution in [2.24, 2.45) is 0 Å². The fourth-order valence-electron chi connectivity index (χ4n) is 1.30. The van der Waals surface area contributed by atoms with Gasteiger partial charge in [-0.3, -0.25) is 9.59 Å². The summed E-state index contributed by atoms with van der Waals surface area (Å²) in [5.41, 5.74) is 0.481. The van der Waals surface area contributed by atoms with E-state index in [1.807, 2.05) is 6.92 Å². The number of rotatable bonds is 4. The van der Waals surface area contributed by atoms with Gasteiger partial charge < -0.3 is 4.74 Å². The number of Topliss-reactive ketones (excluding diaryl/α,β-unsaturated/α-hetero) is 1. The summed E-state index contributed by atoms with van der Waals surface area (Å²) < 4.78 is 4.95. The monoisotopic (exact) mass is 206 g/mol. The molecule has 0 saturated heterocycles. The van der Waals surface area contributed by atoms with Gasteiger partial charge in [-0.05, 0) is 18.6 Å². The van der Waals surface area contributed by atoms with Crippen LogP contribution in [0, 0.1) is 0 Å². The molecule has 3 nitrogen and oxygen atoms in total. The van der Waals surface area contributed by atoms with Crippen LogP contribution < -0.4 is 4.74 Å². The highest BCUT2D eigenvalue weighted by Gasteiger charge is 2.11. The zero-order valence-electron chi connectivity index (χ0n) is 8.95. The second-order valence-electron chi connectivity index (χ2n) is 3.26. The highest BCUT2D eigenvalue weighted by molar-refractivity contribution is 5.99. The van der Waals surface area contributed by atoms with Crippen LogP contribution in [0.2, 0.25) is 0 Å². The van der Waals surface area contributed by atoms with Crippen LogP contribution in [0.4, 0.5) is 0 Å². The van der Waals surface area contributed by atoms with Gasteiger partial charge in [0.05, 0.1) is 5.56 Å². The minimum Gasteiger partial charge on any atom is -0.426 e. The lowest BCUT2D eigenvalue weighted by molar-refractivity contribution is -0.131. The maximum Gasteiger partial charge on any atom is 0.308 e. The molecule has 1 rings (SSSR count). The molecule has 80 valence electrons. The summed E-state index contributed by atoms with van der Waals surface area (Å²) in [6.45, 7) is 3.26. The fraction of sp³-hybridized carbons (Fsp3) is 0.333. The first-order valence-electron chi connectivity index (χ1n) is 4.95. The van der Waals surface area contributed by atoms with Crippen molar-refractivity contribution in [2.45, 2.75) is 26.7 Å².